The lowest BCUT2D eigenvalue weighted by atomic mass is 9.96. The zero-order chi connectivity index (χ0) is 9.90. The number of carbonyl (C=O) groups excluding carboxylic acids is 1. The average Bonchev–Trinajstić information content (AvgIpc) is 2.04. The molecule has 0 aliphatic carbocycles. The Bertz CT molecular complexity index is 178. The van der Waals surface area contributed by atoms with Gasteiger partial charge in [-0.05, 0) is 6.92 Å². The van der Waals surface area contributed by atoms with E-state index in [4.69, 9.17) is 14.2 Å². The molecule has 0 bridgehead atoms. The molecule has 0 aromatic carbocycles. The van der Waals surface area contributed by atoms with Crippen LogP contribution in [0.4, 0.5) is 0 Å². The summed E-state index contributed by atoms with van der Waals surface area (Å²) in [6.07, 6.45) is -0.826. The Balaban J connectivity index is 2.36. The van der Waals surface area contributed by atoms with Crippen LogP contribution in [-0.4, -0.2) is 32.1 Å². The van der Waals surface area contributed by atoms with E-state index in [9.17, 15) is 4.79 Å². The second-order valence-corrected chi connectivity index (χ2v) is 3.87. The van der Waals surface area contributed by atoms with Crippen molar-refractivity contribution in [1.82, 2.24) is 0 Å². The Morgan fingerprint density at radius 3 is 2.46 bits per heavy atom. The van der Waals surface area contributed by atoms with Crippen LogP contribution in [0.2, 0.25) is 0 Å². The third-order valence-corrected chi connectivity index (χ3v) is 1.73. The van der Waals surface area contributed by atoms with Gasteiger partial charge < -0.3 is 14.2 Å². The second kappa shape index (κ2) is 4.07. The zero-order valence-electron chi connectivity index (χ0n) is 8.33. The van der Waals surface area contributed by atoms with Crippen LogP contribution in [0.15, 0.2) is 0 Å². The van der Waals surface area contributed by atoms with E-state index < -0.39 is 12.3 Å². The summed E-state index contributed by atoms with van der Waals surface area (Å²) in [6.45, 7) is 7.20. The van der Waals surface area contributed by atoms with Crippen LogP contribution < -0.4 is 0 Å². The summed E-state index contributed by atoms with van der Waals surface area (Å²) < 4.78 is 15.2. The summed E-state index contributed by atoms with van der Waals surface area (Å²) >= 11 is 0. The number of rotatable bonds is 2. The van der Waals surface area contributed by atoms with Gasteiger partial charge in [0.05, 0.1) is 19.8 Å². The van der Waals surface area contributed by atoms with Crippen molar-refractivity contribution < 1.29 is 19.0 Å². The van der Waals surface area contributed by atoms with Crippen molar-refractivity contribution in [2.75, 3.05) is 19.8 Å². The van der Waals surface area contributed by atoms with E-state index in [2.05, 4.69) is 0 Å². The highest BCUT2D eigenvalue weighted by molar-refractivity contribution is 5.73. The van der Waals surface area contributed by atoms with Crippen molar-refractivity contribution in [2.45, 2.75) is 27.1 Å². The number of carbonyl (C=O) groups is 1. The van der Waals surface area contributed by atoms with Crippen molar-refractivity contribution in [3.05, 3.63) is 0 Å². The quantitative estimate of drug-likeness (QED) is 0.605. The van der Waals surface area contributed by atoms with Gasteiger partial charge in [-0.25, -0.2) is 4.79 Å². The van der Waals surface area contributed by atoms with E-state index in [1.54, 1.807) is 6.92 Å². The Kier molecular flexibility index (Phi) is 3.27. The van der Waals surface area contributed by atoms with Crippen molar-refractivity contribution in [1.29, 1.82) is 0 Å². The van der Waals surface area contributed by atoms with Crippen molar-refractivity contribution >= 4 is 5.97 Å². The topological polar surface area (TPSA) is 44.8 Å². The van der Waals surface area contributed by atoms with E-state index in [-0.39, 0.29) is 5.41 Å². The maximum atomic E-state index is 11.1. The highest BCUT2D eigenvalue weighted by Gasteiger charge is 2.32. The van der Waals surface area contributed by atoms with Gasteiger partial charge in [-0.15, -0.1) is 0 Å². The first-order valence-corrected chi connectivity index (χ1v) is 4.45. The van der Waals surface area contributed by atoms with E-state index in [0.717, 1.165) is 0 Å². The molecule has 0 N–H and O–H groups in total. The highest BCUT2D eigenvalue weighted by Crippen LogP contribution is 2.23. The summed E-state index contributed by atoms with van der Waals surface area (Å²) in [4.78, 5) is 11.1. The number of hydrogen-bond acceptors (Lipinski definition) is 4. The zero-order valence-corrected chi connectivity index (χ0v) is 8.33. The molecule has 0 radical (unpaired) electrons. The van der Waals surface area contributed by atoms with Gasteiger partial charge in [0.2, 0.25) is 0 Å². The van der Waals surface area contributed by atoms with Gasteiger partial charge in [-0.1, -0.05) is 13.8 Å². The molecule has 1 heterocycles. The van der Waals surface area contributed by atoms with Gasteiger partial charge in [-0.2, -0.15) is 0 Å². The monoisotopic (exact) mass is 188 g/mol. The molecule has 0 atom stereocenters. The van der Waals surface area contributed by atoms with Gasteiger partial charge in [0, 0.05) is 5.41 Å². The average molecular weight is 188 g/mol. The van der Waals surface area contributed by atoms with Gasteiger partial charge in [0.25, 0.3) is 6.29 Å². The molecular formula is C9H16O4. The van der Waals surface area contributed by atoms with Crippen LogP contribution in [-0.2, 0) is 19.0 Å². The maximum Gasteiger partial charge on any atom is 0.363 e. The molecule has 0 amide bonds. The van der Waals surface area contributed by atoms with Gasteiger partial charge in [0.15, 0.2) is 0 Å². The van der Waals surface area contributed by atoms with Crippen LogP contribution in [0.5, 0.6) is 0 Å². The van der Waals surface area contributed by atoms with Crippen molar-refractivity contribution in [3.63, 3.8) is 0 Å². The summed E-state index contributed by atoms with van der Waals surface area (Å²) in [5, 5.41) is 0. The Morgan fingerprint density at radius 1 is 1.46 bits per heavy atom. The molecular weight excluding hydrogens is 172 g/mol. The van der Waals surface area contributed by atoms with E-state index in [0.29, 0.717) is 19.8 Å². The predicted molar refractivity (Wildman–Crippen MR) is 46.1 cm³/mol. The van der Waals surface area contributed by atoms with Gasteiger partial charge in [0.1, 0.15) is 0 Å². The third-order valence-electron chi connectivity index (χ3n) is 1.73. The molecule has 1 aliphatic rings. The molecule has 13 heavy (non-hydrogen) atoms. The Hall–Kier alpha value is -0.610. The molecule has 0 aromatic rings. The molecule has 1 fully saturated rings. The minimum Gasteiger partial charge on any atom is -0.462 e. The fraction of sp³-hybridized carbons (Fsp3) is 0.889. The summed E-state index contributed by atoms with van der Waals surface area (Å²) in [7, 11) is 0. The Morgan fingerprint density at radius 2 is 2.00 bits per heavy atom. The first-order chi connectivity index (χ1) is 6.05. The third kappa shape index (κ3) is 2.97. The normalized spacial score (nSPS) is 22.7. The van der Waals surface area contributed by atoms with Crippen molar-refractivity contribution in [3.8, 4) is 0 Å². The number of ether oxygens (including phenoxy) is 3. The molecule has 0 saturated carbocycles. The van der Waals surface area contributed by atoms with Crippen LogP contribution in [0.1, 0.15) is 20.8 Å². The fourth-order valence-electron chi connectivity index (χ4n) is 1.04. The molecule has 4 nitrogen and oxygen atoms in total. The smallest absolute Gasteiger partial charge is 0.363 e. The molecule has 0 unspecified atom stereocenters. The van der Waals surface area contributed by atoms with Gasteiger partial charge >= 0.3 is 5.97 Å². The molecule has 1 saturated heterocycles. The number of esters is 1. The lowest BCUT2D eigenvalue weighted by Gasteiger charge is -2.33. The van der Waals surface area contributed by atoms with Gasteiger partial charge in [-0.3, -0.25) is 0 Å². The summed E-state index contributed by atoms with van der Waals surface area (Å²) in [5.41, 5.74) is -0.0109. The van der Waals surface area contributed by atoms with E-state index in [1.165, 1.54) is 0 Å². The fourth-order valence-corrected chi connectivity index (χ4v) is 1.04. The first kappa shape index (κ1) is 10.5. The molecule has 4 heteroatoms. The Labute approximate surface area is 78.2 Å². The van der Waals surface area contributed by atoms with Crippen LogP contribution >= 0.6 is 0 Å². The van der Waals surface area contributed by atoms with Crippen LogP contribution in [0, 0.1) is 5.41 Å². The highest BCUT2D eigenvalue weighted by atomic mass is 16.7. The van der Waals surface area contributed by atoms with E-state index in [1.807, 2.05) is 13.8 Å². The summed E-state index contributed by atoms with van der Waals surface area (Å²) in [5.74, 6) is -0.432. The minimum absolute atomic E-state index is 0.0109. The van der Waals surface area contributed by atoms with Crippen LogP contribution in [0.25, 0.3) is 0 Å². The van der Waals surface area contributed by atoms with E-state index >= 15 is 0 Å². The first-order valence-electron chi connectivity index (χ1n) is 4.45. The molecule has 0 aromatic heterocycles. The molecule has 1 aliphatic heterocycles. The lowest BCUT2D eigenvalue weighted by molar-refractivity contribution is -0.234. The standard InChI is InChI=1S/C9H16O4/c1-4-11-7(10)8-12-5-9(2,3)6-13-8/h8H,4-6H2,1-3H3. The molecule has 0 spiro atoms. The lowest BCUT2D eigenvalue weighted by Crippen LogP contribution is -2.42. The predicted octanol–water partition coefficient (Wildman–Crippen LogP) is 0.949. The molecule has 1 rings (SSSR count). The molecule has 76 valence electrons. The maximum absolute atomic E-state index is 11.1. The number of hydrogen-bond donors (Lipinski definition) is 0. The minimum atomic E-state index is -0.826. The largest absolute Gasteiger partial charge is 0.462 e. The SMILES string of the molecule is CCOC(=O)C1OCC(C)(C)CO1. The van der Waals surface area contributed by atoms with Crippen molar-refractivity contribution in [2.24, 2.45) is 5.41 Å². The summed E-state index contributed by atoms with van der Waals surface area (Å²) in [6, 6.07) is 0. The second-order valence-electron chi connectivity index (χ2n) is 3.87. The van der Waals surface area contributed by atoms with Crippen LogP contribution in [0.3, 0.4) is 0 Å².